The maximum Gasteiger partial charge on any atom is 0.224 e. The fraction of sp³-hybridized carbons (Fsp3) is 0.278. The Morgan fingerprint density at radius 2 is 1.75 bits per heavy atom. The van der Waals surface area contributed by atoms with Gasteiger partial charge >= 0.3 is 0 Å². The Kier molecular flexibility index (Phi) is 6.32. The normalized spacial score (nSPS) is 10.2. The van der Waals surface area contributed by atoms with E-state index in [1.165, 1.54) is 0 Å². The molecule has 1 amide bonds. The Bertz CT molecular complexity index is 718. The van der Waals surface area contributed by atoms with Gasteiger partial charge in [-0.25, -0.2) is 0 Å². The van der Waals surface area contributed by atoms with Crippen molar-refractivity contribution in [3.8, 4) is 17.2 Å². The number of rotatable bonds is 7. The van der Waals surface area contributed by atoms with Crippen LogP contribution >= 0.6 is 11.6 Å². The Morgan fingerprint density at radius 3 is 2.38 bits per heavy atom. The molecule has 0 aromatic heterocycles. The number of amides is 1. The number of carbonyl (C=O) groups excluding carboxylic acids is 1. The van der Waals surface area contributed by atoms with E-state index in [-0.39, 0.29) is 12.3 Å². The van der Waals surface area contributed by atoms with Crippen LogP contribution in [-0.2, 0) is 17.8 Å². The maximum atomic E-state index is 12.1. The van der Waals surface area contributed by atoms with Gasteiger partial charge in [0.25, 0.3) is 0 Å². The fourth-order valence-corrected chi connectivity index (χ4v) is 2.46. The van der Waals surface area contributed by atoms with Gasteiger partial charge in [0.1, 0.15) is 5.75 Å². The number of hydrogen-bond donors (Lipinski definition) is 1. The summed E-state index contributed by atoms with van der Waals surface area (Å²) in [6, 6.07) is 10.8. The lowest BCUT2D eigenvalue weighted by Gasteiger charge is -2.11. The van der Waals surface area contributed by atoms with Crippen LogP contribution in [0.25, 0.3) is 0 Å². The number of carbonyl (C=O) groups is 1. The van der Waals surface area contributed by atoms with Crippen LogP contribution in [0, 0.1) is 0 Å². The highest BCUT2D eigenvalue weighted by Gasteiger charge is 2.09. The van der Waals surface area contributed by atoms with E-state index in [4.69, 9.17) is 25.8 Å². The van der Waals surface area contributed by atoms with Gasteiger partial charge in [-0.15, -0.1) is 0 Å². The van der Waals surface area contributed by atoms with Gasteiger partial charge in [-0.2, -0.15) is 0 Å². The molecular weight excluding hydrogens is 330 g/mol. The predicted octanol–water partition coefficient (Wildman–Crippen LogP) is 3.22. The molecule has 2 aromatic carbocycles. The topological polar surface area (TPSA) is 56.8 Å². The summed E-state index contributed by atoms with van der Waals surface area (Å²) >= 11 is 6.15. The summed E-state index contributed by atoms with van der Waals surface area (Å²) in [7, 11) is 4.73. The molecule has 0 aliphatic carbocycles. The molecule has 0 unspecified atom stereocenters. The van der Waals surface area contributed by atoms with Crippen molar-refractivity contribution in [1.82, 2.24) is 5.32 Å². The standard InChI is InChI=1S/C18H20ClNO4/c1-22-14-6-5-13(15(19)10-14)9-18(21)20-11-12-4-7-16(23-2)17(8-12)24-3/h4-8,10H,9,11H2,1-3H3,(H,20,21). The van der Waals surface area contributed by atoms with Crippen molar-refractivity contribution >= 4 is 17.5 Å². The molecule has 24 heavy (non-hydrogen) atoms. The summed E-state index contributed by atoms with van der Waals surface area (Å²) < 4.78 is 15.5. The third-order valence-electron chi connectivity index (χ3n) is 3.55. The first kappa shape index (κ1) is 17.9. The minimum Gasteiger partial charge on any atom is -0.497 e. The average molecular weight is 350 g/mol. The first-order valence-electron chi connectivity index (χ1n) is 7.37. The third kappa shape index (κ3) is 4.55. The molecule has 6 heteroatoms. The van der Waals surface area contributed by atoms with Crippen molar-refractivity contribution < 1.29 is 19.0 Å². The van der Waals surface area contributed by atoms with Crippen LogP contribution in [0.15, 0.2) is 36.4 Å². The Labute approximate surface area is 146 Å². The minimum absolute atomic E-state index is 0.114. The minimum atomic E-state index is -0.114. The molecule has 0 saturated heterocycles. The van der Waals surface area contributed by atoms with Crippen LogP contribution < -0.4 is 19.5 Å². The zero-order valence-corrected chi connectivity index (χ0v) is 14.6. The van der Waals surface area contributed by atoms with Crippen molar-refractivity contribution in [2.45, 2.75) is 13.0 Å². The van der Waals surface area contributed by atoms with Gasteiger partial charge < -0.3 is 19.5 Å². The third-order valence-corrected chi connectivity index (χ3v) is 3.90. The first-order valence-corrected chi connectivity index (χ1v) is 7.75. The van der Waals surface area contributed by atoms with Crippen molar-refractivity contribution in [3.63, 3.8) is 0 Å². The lowest BCUT2D eigenvalue weighted by atomic mass is 10.1. The van der Waals surface area contributed by atoms with E-state index in [9.17, 15) is 4.79 Å². The number of methoxy groups -OCH3 is 3. The highest BCUT2D eigenvalue weighted by molar-refractivity contribution is 6.31. The molecule has 0 radical (unpaired) electrons. The highest BCUT2D eigenvalue weighted by Crippen LogP contribution is 2.27. The van der Waals surface area contributed by atoms with E-state index in [0.29, 0.717) is 28.8 Å². The molecule has 0 saturated carbocycles. The van der Waals surface area contributed by atoms with Crippen molar-refractivity contribution in [1.29, 1.82) is 0 Å². The lowest BCUT2D eigenvalue weighted by Crippen LogP contribution is -2.24. The maximum absolute atomic E-state index is 12.1. The van der Waals surface area contributed by atoms with Gasteiger partial charge in [0.05, 0.1) is 27.8 Å². The van der Waals surface area contributed by atoms with Crippen molar-refractivity contribution in [3.05, 3.63) is 52.5 Å². The Balaban J connectivity index is 1.96. The molecule has 0 aliphatic heterocycles. The van der Waals surface area contributed by atoms with E-state index in [2.05, 4.69) is 5.32 Å². The monoisotopic (exact) mass is 349 g/mol. The van der Waals surface area contributed by atoms with Crippen LogP contribution in [-0.4, -0.2) is 27.2 Å². The Morgan fingerprint density at radius 1 is 1.00 bits per heavy atom. The van der Waals surface area contributed by atoms with E-state index >= 15 is 0 Å². The van der Waals surface area contributed by atoms with Gasteiger partial charge in [0.15, 0.2) is 11.5 Å². The summed E-state index contributed by atoms with van der Waals surface area (Å²) in [6.07, 6.45) is 0.204. The summed E-state index contributed by atoms with van der Waals surface area (Å²) in [5.74, 6) is 1.83. The van der Waals surface area contributed by atoms with E-state index in [1.807, 2.05) is 12.1 Å². The van der Waals surface area contributed by atoms with Crippen molar-refractivity contribution in [2.24, 2.45) is 0 Å². The van der Waals surface area contributed by atoms with Crippen molar-refractivity contribution in [2.75, 3.05) is 21.3 Å². The summed E-state index contributed by atoms with van der Waals surface area (Å²) in [4.78, 5) is 12.1. The SMILES string of the molecule is COc1ccc(CC(=O)NCc2ccc(OC)c(OC)c2)c(Cl)c1. The molecule has 128 valence electrons. The molecule has 2 aromatic rings. The molecule has 0 fully saturated rings. The molecule has 0 bridgehead atoms. The number of nitrogens with one attached hydrogen (secondary N) is 1. The lowest BCUT2D eigenvalue weighted by molar-refractivity contribution is -0.120. The molecule has 1 N–H and O–H groups in total. The molecule has 0 heterocycles. The van der Waals surface area contributed by atoms with Crippen LogP contribution in [0.4, 0.5) is 0 Å². The van der Waals surface area contributed by atoms with E-state index < -0.39 is 0 Å². The second-order valence-corrected chi connectivity index (χ2v) is 5.51. The predicted molar refractivity (Wildman–Crippen MR) is 93.1 cm³/mol. The zero-order valence-electron chi connectivity index (χ0n) is 13.9. The Hall–Kier alpha value is -2.40. The number of ether oxygens (including phenoxy) is 3. The quantitative estimate of drug-likeness (QED) is 0.833. The zero-order chi connectivity index (χ0) is 17.5. The van der Waals surface area contributed by atoms with Gasteiger partial charge in [-0.1, -0.05) is 23.7 Å². The molecule has 0 atom stereocenters. The van der Waals surface area contributed by atoms with Gasteiger partial charge in [0, 0.05) is 11.6 Å². The van der Waals surface area contributed by atoms with Crippen LogP contribution in [0.2, 0.25) is 5.02 Å². The number of hydrogen-bond acceptors (Lipinski definition) is 4. The van der Waals surface area contributed by atoms with Crippen LogP contribution in [0.1, 0.15) is 11.1 Å². The smallest absolute Gasteiger partial charge is 0.224 e. The van der Waals surface area contributed by atoms with E-state index in [1.54, 1.807) is 45.6 Å². The average Bonchev–Trinajstić information content (AvgIpc) is 2.61. The highest BCUT2D eigenvalue weighted by atomic mass is 35.5. The summed E-state index contributed by atoms with van der Waals surface area (Å²) in [6.45, 7) is 0.396. The number of halogens is 1. The summed E-state index contributed by atoms with van der Waals surface area (Å²) in [5, 5.41) is 3.38. The van der Waals surface area contributed by atoms with E-state index in [0.717, 1.165) is 11.1 Å². The van der Waals surface area contributed by atoms with Gasteiger partial charge in [-0.3, -0.25) is 4.79 Å². The second-order valence-electron chi connectivity index (χ2n) is 5.10. The molecule has 0 aliphatic rings. The number of benzene rings is 2. The van der Waals surface area contributed by atoms with Crippen LogP contribution in [0.5, 0.6) is 17.2 Å². The van der Waals surface area contributed by atoms with Gasteiger partial charge in [0.2, 0.25) is 5.91 Å². The largest absolute Gasteiger partial charge is 0.497 e. The fourth-order valence-electron chi connectivity index (χ4n) is 2.23. The van der Waals surface area contributed by atoms with Gasteiger partial charge in [-0.05, 0) is 35.4 Å². The first-order chi connectivity index (χ1) is 11.6. The summed E-state index contributed by atoms with van der Waals surface area (Å²) in [5.41, 5.74) is 1.67. The molecular formula is C18H20ClNO4. The molecule has 0 spiro atoms. The second kappa shape index (κ2) is 8.45. The molecule has 2 rings (SSSR count). The van der Waals surface area contributed by atoms with Crippen LogP contribution in [0.3, 0.4) is 0 Å². The molecule has 5 nitrogen and oxygen atoms in total.